The van der Waals surface area contributed by atoms with Gasteiger partial charge in [0.1, 0.15) is 5.76 Å². The summed E-state index contributed by atoms with van der Waals surface area (Å²) in [6.45, 7) is 3.33. The fraction of sp³-hybridized carbons (Fsp3) is 0.286. The molecule has 4 heteroatoms. The summed E-state index contributed by atoms with van der Waals surface area (Å²) in [7, 11) is 0. The Balaban J connectivity index is 1.73. The van der Waals surface area contributed by atoms with Gasteiger partial charge in [-0.3, -0.25) is 4.79 Å². The Hall–Kier alpha value is -2.33. The molecule has 0 unspecified atom stereocenters. The summed E-state index contributed by atoms with van der Waals surface area (Å²) in [4.78, 5) is 16.1. The van der Waals surface area contributed by atoms with Gasteiger partial charge in [0.05, 0.1) is 12.8 Å². The molecule has 25 heavy (non-hydrogen) atoms. The fourth-order valence-electron chi connectivity index (χ4n) is 2.83. The standard InChI is InChI=1S/C21H23NO2S/c1-2-5-17-8-10-18(11-9-17)21(23)22(16-19-6-3-14-24-19)13-12-20-7-4-15-25-20/h3-4,6-11,14-15H,2,5,12-13,16H2,1H3. The highest BCUT2D eigenvalue weighted by atomic mass is 32.1. The molecular weight excluding hydrogens is 330 g/mol. The molecule has 1 aromatic carbocycles. The van der Waals surface area contributed by atoms with E-state index >= 15 is 0 Å². The van der Waals surface area contributed by atoms with E-state index in [0.717, 1.165) is 30.6 Å². The average molecular weight is 353 g/mol. The number of benzene rings is 1. The second-order valence-corrected chi connectivity index (χ2v) is 7.11. The summed E-state index contributed by atoms with van der Waals surface area (Å²) in [5, 5.41) is 2.07. The van der Waals surface area contributed by atoms with Crippen LogP contribution >= 0.6 is 11.3 Å². The summed E-state index contributed by atoms with van der Waals surface area (Å²) >= 11 is 1.73. The largest absolute Gasteiger partial charge is 0.467 e. The zero-order chi connectivity index (χ0) is 17.5. The molecule has 0 N–H and O–H groups in total. The van der Waals surface area contributed by atoms with Crippen LogP contribution in [0.3, 0.4) is 0 Å². The number of thiophene rings is 1. The Morgan fingerprint density at radius 1 is 1.08 bits per heavy atom. The number of carbonyl (C=O) groups excluding carboxylic acids is 1. The van der Waals surface area contributed by atoms with E-state index < -0.39 is 0 Å². The summed E-state index contributed by atoms with van der Waals surface area (Å²) in [6.07, 6.45) is 4.66. The molecule has 0 spiro atoms. The first-order valence-electron chi connectivity index (χ1n) is 8.69. The van der Waals surface area contributed by atoms with E-state index in [1.807, 2.05) is 35.2 Å². The zero-order valence-electron chi connectivity index (χ0n) is 14.5. The van der Waals surface area contributed by atoms with Gasteiger partial charge in [0.25, 0.3) is 5.91 Å². The van der Waals surface area contributed by atoms with Crippen LogP contribution in [-0.2, 0) is 19.4 Å². The van der Waals surface area contributed by atoms with Crippen LogP contribution in [0.4, 0.5) is 0 Å². The second kappa shape index (κ2) is 8.67. The lowest BCUT2D eigenvalue weighted by Gasteiger charge is -2.21. The Kier molecular flexibility index (Phi) is 6.07. The third-order valence-corrected chi connectivity index (χ3v) is 5.10. The lowest BCUT2D eigenvalue weighted by atomic mass is 10.1. The topological polar surface area (TPSA) is 33.5 Å². The van der Waals surface area contributed by atoms with Crippen LogP contribution in [0.25, 0.3) is 0 Å². The van der Waals surface area contributed by atoms with E-state index in [0.29, 0.717) is 13.1 Å². The van der Waals surface area contributed by atoms with Crippen molar-refractivity contribution in [2.75, 3.05) is 6.54 Å². The monoisotopic (exact) mass is 353 g/mol. The van der Waals surface area contributed by atoms with Crippen molar-refractivity contribution in [1.29, 1.82) is 0 Å². The van der Waals surface area contributed by atoms with E-state index in [-0.39, 0.29) is 5.91 Å². The maximum Gasteiger partial charge on any atom is 0.254 e. The minimum absolute atomic E-state index is 0.0519. The number of nitrogens with zero attached hydrogens (tertiary/aromatic N) is 1. The van der Waals surface area contributed by atoms with Crippen LogP contribution < -0.4 is 0 Å². The molecule has 3 rings (SSSR count). The molecule has 0 bridgehead atoms. The Morgan fingerprint density at radius 3 is 2.56 bits per heavy atom. The molecular formula is C21H23NO2S. The Bertz CT molecular complexity index is 761. The molecule has 0 atom stereocenters. The van der Waals surface area contributed by atoms with Crippen LogP contribution in [0.1, 0.15) is 39.9 Å². The molecule has 3 aromatic rings. The summed E-state index contributed by atoms with van der Waals surface area (Å²) in [6, 6.07) is 15.9. The lowest BCUT2D eigenvalue weighted by Crippen LogP contribution is -2.32. The van der Waals surface area contributed by atoms with Crippen molar-refractivity contribution in [2.45, 2.75) is 32.7 Å². The molecule has 1 amide bonds. The van der Waals surface area contributed by atoms with Crippen molar-refractivity contribution in [3.8, 4) is 0 Å². The minimum atomic E-state index is 0.0519. The number of carbonyl (C=O) groups is 1. The van der Waals surface area contributed by atoms with Crippen LogP contribution in [0.2, 0.25) is 0 Å². The SMILES string of the molecule is CCCc1ccc(C(=O)N(CCc2cccs2)Cc2ccco2)cc1. The average Bonchev–Trinajstić information content (AvgIpc) is 3.33. The van der Waals surface area contributed by atoms with E-state index in [4.69, 9.17) is 4.42 Å². The minimum Gasteiger partial charge on any atom is -0.467 e. The van der Waals surface area contributed by atoms with Gasteiger partial charge in [-0.25, -0.2) is 0 Å². The zero-order valence-corrected chi connectivity index (χ0v) is 15.3. The van der Waals surface area contributed by atoms with Gasteiger partial charge < -0.3 is 9.32 Å². The molecule has 3 nitrogen and oxygen atoms in total. The maximum absolute atomic E-state index is 13.0. The van der Waals surface area contributed by atoms with Crippen molar-refractivity contribution in [3.05, 3.63) is 81.9 Å². The lowest BCUT2D eigenvalue weighted by molar-refractivity contribution is 0.0734. The number of amides is 1. The van der Waals surface area contributed by atoms with Crippen LogP contribution in [0.15, 0.2) is 64.6 Å². The Morgan fingerprint density at radius 2 is 1.92 bits per heavy atom. The molecule has 0 aliphatic carbocycles. The first-order chi connectivity index (χ1) is 12.3. The van der Waals surface area contributed by atoms with Gasteiger partial charge in [0, 0.05) is 17.0 Å². The number of furan rings is 1. The van der Waals surface area contributed by atoms with Crippen LogP contribution in [0, 0.1) is 0 Å². The molecule has 0 fully saturated rings. The van der Waals surface area contributed by atoms with Gasteiger partial charge >= 0.3 is 0 Å². The van der Waals surface area contributed by atoms with Crippen molar-refractivity contribution in [1.82, 2.24) is 4.90 Å². The quantitative estimate of drug-likeness (QED) is 0.559. The van der Waals surface area contributed by atoms with Gasteiger partial charge in [-0.05, 0) is 54.1 Å². The van der Waals surface area contributed by atoms with E-state index in [1.54, 1.807) is 17.6 Å². The van der Waals surface area contributed by atoms with Crippen molar-refractivity contribution >= 4 is 17.2 Å². The molecule has 2 heterocycles. The maximum atomic E-state index is 13.0. The normalized spacial score (nSPS) is 10.8. The molecule has 0 aliphatic heterocycles. The van der Waals surface area contributed by atoms with Gasteiger partial charge in [-0.2, -0.15) is 0 Å². The van der Waals surface area contributed by atoms with Crippen molar-refractivity contribution < 1.29 is 9.21 Å². The third kappa shape index (κ3) is 4.83. The predicted molar refractivity (Wildman–Crippen MR) is 102 cm³/mol. The van der Waals surface area contributed by atoms with Crippen LogP contribution in [0.5, 0.6) is 0 Å². The molecule has 0 radical (unpaired) electrons. The number of hydrogen-bond donors (Lipinski definition) is 0. The first kappa shape index (κ1) is 17.5. The van der Waals surface area contributed by atoms with E-state index in [1.165, 1.54) is 10.4 Å². The molecule has 0 saturated carbocycles. The molecule has 0 saturated heterocycles. The highest BCUT2D eigenvalue weighted by Gasteiger charge is 2.17. The summed E-state index contributed by atoms with van der Waals surface area (Å²) in [5.41, 5.74) is 2.01. The number of hydrogen-bond acceptors (Lipinski definition) is 3. The van der Waals surface area contributed by atoms with Gasteiger partial charge in [0.2, 0.25) is 0 Å². The van der Waals surface area contributed by atoms with Gasteiger partial charge in [0.15, 0.2) is 0 Å². The van der Waals surface area contributed by atoms with Crippen molar-refractivity contribution in [3.63, 3.8) is 0 Å². The second-order valence-electron chi connectivity index (χ2n) is 6.08. The van der Waals surface area contributed by atoms with E-state index in [9.17, 15) is 4.79 Å². The van der Waals surface area contributed by atoms with Gasteiger partial charge in [-0.1, -0.05) is 31.5 Å². The molecule has 0 aliphatic rings. The third-order valence-electron chi connectivity index (χ3n) is 4.16. The van der Waals surface area contributed by atoms with Crippen molar-refractivity contribution in [2.24, 2.45) is 0 Å². The Labute approximate surface area is 152 Å². The summed E-state index contributed by atoms with van der Waals surface area (Å²) < 4.78 is 5.45. The molecule has 130 valence electrons. The highest BCUT2D eigenvalue weighted by Crippen LogP contribution is 2.15. The predicted octanol–water partition coefficient (Wildman–Crippen LogP) is 5.18. The van der Waals surface area contributed by atoms with E-state index in [2.05, 4.69) is 30.5 Å². The fourth-order valence-corrected chi connectivity index (χ4v) is 3.53. The number of aryl methyl sites for hydroxylation is 1. The first-order valence-corrected chi connectivity index (χ1v) is 9.57. The summed E-state index contributed by atoms with van der Waals surface area (Å²) in [5.74, 6) is 0.859. The van der Waals surface area contributed by atoms with Crippen LogP contribution in [-0.4, -0.2) is 17.4 Å². The smallest absolute Gasteiger partial charge is 0.254 e. The van der Waals surface area contributed by atoms with Gasteiger partial charge in [-0.15, -0.1) is 11.3 Å². The highest BCUT2D eigenvalue weighted by molar-refractivity contribution is 7.09. The number of rotatable bonds is 8. The molecule has 2 aromatic heterocycles.